The van der Waals surface area contributed by atoms with Gasteiger partial charge in [0.25, 0.3) is 0 Å². The van der Waals surface area contributed by atoms with Gasteiger partial charge in [0, 0.05) is 36.7 Å². The molecule has 1 aliphatic rings. The van der Waals surface area contributed by atoms with Crippen LogP contribution in [0.15, 0.2) is 53.5 Å². The molecule has 0 aliphatic carbocycles. The van der Waals surface area contributed by atoms with Gasteiger partial charge < -0.3 is 14.6 Å². The summed E-state index contributed by atoms with van der Waals surface area (Å²) < 4.78 is 2.68. The van der Waals surface area contributed by atoms with E-state index in [2.05, 4.69) is 14.7 Å². The van der Waals surface area contributed by atoms with E-state index >= 15 is 0 Å². The van der Waals surface area contributed by atoms with Crippen molar-refractivity contribution in [2.75, 3.05) is 18.0 Å². The Bertz CT molecular complexity index is 1510. The molecule has 1 aliphatic heterocycles. The van der Waals surface area contributed by atoms with Crippen molar-refractivity contribution >= 4 is 38.9 Å². The number of hydrogen-bond donors (Lipinski definition) is 1. The minimum atomic E-state index is -1.28. The molecule has 8 heteroatoms. The first-order valence-electron chi connectivity index (χ1n) is 10.6. The Balaban J connectivity index is 1.71. The molecule has 1 fully saturated rings. The molecule has 1 saturated heterocycles. The number of hydrogen-bond acceptors (Lipinski definition) is 5. The van der Waals surface area contributed by atoms with Gasteiger partial charge in [-0.3, -0.25) is 4.79 Å². The van der Waals surface area contributed by atoms with Crippen LogP contribution in [0.5, 0.6) is 0 Å². The number of anilines is 1. The van der Waals surface area contributed by atoms with Gasteiger partial charge in [0.2, 0.25) is 5.69 Å². The summed E-state index contributed by atoms with van der Waals surface area (Å²) in [5, 5.41) is 10.5. The lowest BCUT2D eigenvalue weighted by molar-refractivity contribution is 0.0695. The number of benzene rings is 2. The van der Waals surface area contributed by atoms with Gasteiger partial charge in [0.15, 0.2) is 5.43 Å². The number of rotatable bonds is 4. The highest BCUT2D eigenvalue weighted by atomic mass is 32.1. The molecule has 0 radical (unpaired) electrons. The van der Waals surface area contributed by atoms with Gasteiger partial charge in [-0.1, -0.05) is 6.07 Å². The molecule has 0 unspecified atom stereocenters. The van der Waals surface area contributed by atoms with E-state index in [1.165, 1.54) is 12.3 Å². The van der Waals surface area contributed by atoms with Crippen LogP contribution in [0.3, 0.4) is 0 Å². The number of aromatic carboxylic acids is 1. The highest BCUT2D eigenvalue weighted by Gasteiger charge is 2.19. The molecule has 5 rings (SSSR count). The third-order valence-electron chi connectivity index (χ3n) is 5.88. The summed E-state index contributed by atoms with van der Waals surface area (Å²) in [5.74, 6) is -1.28. The summed E-state index contributed by atoms with van der Waals surface area (Å²) in [7, 11) is 0. The number of pyridine rings is 1. The zero-order valence-corrected chi connectivity index (χ0v) is 18.7. The fourth-order valence-corrected chi connectivity index (χ4v) is 5.17. The molecule has 2 aromatic heterocycles. The van der Waals surface area contributed by atoms with E-state index in [0.29, 0.717) is 16.9 Å². The van der Waals surface area contributed by atoms with E-state index in [1.54, 1.807) is 22.0 Å². The molecule has 164 valence electrons. The SMILES string of the molecule is [C-]#[N+]c1cc(-c2cc(=O)c(C(=O)O)cn2-c2ccc3nc(C)sc3c2)ccc1N1CCCC1. The zero-order chi connectivity index (χ0) is 23.1. The van der Waals surface area contributed by atoms with Crippen LogP contribution in [0.4, 0.5) is 11.4 Å². The van der Waals surface area contributed by atoms with Gasteiger partial charge in [-0.2, -0.15) is 0 Å². The Morgan fingerprint density at radius 1 is 1.15 bits per heavy atom. The van der Waals surface area contributed by atoms with Crippen LogP contribution in [0.1, 0.15) is 28.2 Å². The fourth-order valence-electron chi connectivity index (χ4n) is 4.31. The van der Waals surface area contributed by atoms with Crippen LogP contribution in [0, 0.1) is 13.5 Å². The Kier molecular flexibility index (Phi) is 5.19. The lowest BCUT2D eigenvalue weighted by Gasteiger charge is -2.21. The number of aromatic nitrogens is 2. The van der Waals surface area contributed by atoms with Crippen molar-refractivity contribution in [2.24, 2.45) is 0 Å². The topological polar surface area (TPSA) is 79.8 Å². The van der Waals surface area contributed by atoms with Crippen LogP contribution in [-0.4, -0.2) is 33.7 Å². The highest BCUT2D eigenvalue weighted by Crippen LogP contribution is 2.36. The first-order chi connectivity index (χ1) is 15.9. The molecule has 0 atom stereocenters. The number of fused-ring (bicyclic) bond motifs is 1. The monoisotopic (exact) mass is 456 g/mol. The van der Waals surface area contributed by atoms with Gasteiger partial charge >= 0.3 is 5.97 Å². The van der Waals surface area contributed by atoms with Crippen LogP contribution >= 0.6 is 11.3 Å². The Morgan fingerprint density at radius 2 is 1.94 bits per heavy atom. The van der Waals surface area contributed by atoms with Gasteiger partial charge in [-0.25, -0.2) is 14.6 Å². The van der Waals surface area contributed by atoms with E-state index in [4.69, 9.17) is 6.57 Å². The summed E-state index contributed by atoms with van der Waals surface area (Å²) in [6.45, 7) is 11.5. The van der Waals surface area contributed by atoms with Crippen molar-refractivity contribution in [2.45, 2.75) is 19.8 Å². The maximum Gasteiger partial charge on any atom is 0.341 e. The molecule has 0 amide bonds. The maximum absolute atomic E-state index is 12.6. The normalized spacial score (nSPS) is 13.4. The van der Waals surface area contributed by atoms with E-state index in [-0.39, 0.29) is 5.56 Å². The third kappa shape index (κ3) is 3.77. The number of carboxylic acids is 1. The van der Waals surface area contributed by atoms with Crippen molar-refractivity contribution in [1.29, 1.82) is 0 Å². The molecule has 0 spiro atoms. The van der Waals surface area contributed by atoms with Gasteiger partial charge in [0.05, 0.1) is 27.5 Å². The molecular weight excluding hydrogens is 436 g/mol. The average Bonchev–Trinajstić information content (AvgIpc) is 3.46. The smallest absolute Gasteiger partial charge is 0.341 e. The number of nitrogens with zero attached hydrogens (tertiary/aromatic N) is 4. The van der Waals surface area contributed by atoms with Crippen molar-refractivity contribution in [1.82, 2.24) is 9.55 Å². The standard InChI is InChI=1S/C25H20N4O3S/c1-15-27-19-7-6-17(12-24(19)33-15)29-14-18(25(31)32)23(30)13-22(29)16-5-8-21(20(11-16)26-2)28-9-3-4-10-28/h5-8,11-14H,3-4,9-10H2,1H3,(H,31,32). The van der Waals surface area contributed by atoms with Crippen molar-refractivity contribution < 1.29 is 9.90 Å². The predicted molar refractivity (Wildman–Crippen MR) is 130 cm³/mol. The molecule has 0 bridgehead atoms. The summed E-state index contributed by atoms with van der Waals surface area (Å²) in [6, 6.07) is 12.6. The van der Waals surface area contributed by atoms with Crippen molar-refractivity contribution in [3.8, 4) is 16.9 Å². The van der Waals surface area contributed by atoms with Crippen molar-refractivity contribution in [3.63, 3.8) is 0 Å². The van der Waals surface area contributed by atoms with Crippen LogP contribution in [0.2, 0.25) is 0 Å². The number of thiazole rings is 1. The van der Waals surface area contributed by atoms with Gasteiger partial charge in [-0.05, 0) is 55.7 Å². The lowest BCUT2D eigenvalue weighted by atomic mass is 10.1. The Hall–Kier alpha value is -3.96. The molecule has 3 heterocycles. The minimum Gasteiger partial charge on any atom is -0.477 e. The Labute approximate surface area is 194 Å². The van der Waals surface area contributed by atoms with E-state index in [9.17, 15) is 14.7 Å². The lowest BCUT2D eigenvalue weighted by Crippen LogP contribution is -2.18. The van der Waals surface area contributed by atoms with Crippen LogP contribution in [0.25, 0.3) is 32.0 Å². The first kappa shape index (κ1) is 20.9. The van der Waals surface area contributed by atoms with Gasteiger partial charge in [0.1, 0.15) is 5.56 Å². The third-order valence-corrected chi connectivity index (χ3v) is 6.81. The first-order valence-corrected chi connectivity index (χ1v) is 11.4. The second-order valence-corrected chi connectivity index (χ2v) is 9.24. The maximum atomic E-state index is 12.6. The largest absolute Gasteiger partial charge is 0.477 e. The molecule has 0 saturated carbocycles. The predicted octanol–water partition coefficient (Wildman–Crippen LogP) is 5.27. The van der Waals surface area contributed by atoms with E-state index in [1.807, 2.05) is 37.3 Å². The second-order valence-electron chi connectivity index (χ2n) is 8.01. The van der Waals surface area contributed by atoms with E-state index in [0.717, 1.165) is 52.5 Å². The summed E-state index contributed by atoms with van der Waals surface area (Å²) in [4.78, 5) is 34.7. The number of carbonyl (C=O) groups is 1. The molecule has 2 aromatic carbocycles. The molecule has 1 N–H and O–H groups in total. The number of aryl methyl sites for hydroxylation is 1. The average molecular weight is 457 g/mol. The molecule has 33 heavy (non-hydrogen) atoms. The van der Waals surface area contributed by atoms with Gasteiger partial charge in [-0.15, -0.1) is 11.3 Å². The van der Waals surface area contributed by atoms with Crippen molar-refractivity contribution in [3.05, 3.63) is 80.9 Å². The Morgan fingerprint density at radius 3 is 2.67 bits per heavy atom. The summed E-state index contributed by atoms with van der Waals surface area (Å²) >= 11 is 1.55. The molecule has 4 aromatic rings. The highest BCUT2D eigenvalue weighted by molar-refractivity contribution is 7.18. The van der Waals surface area contributed by atoms with E-state index < -0.39 is 11.4 Å². The molecule has 7 nitrogen and oxygen atoms in total. The molecular formula is C25H20N4O3S. The number of carboxylic acid groups (broad SMARTS) is 1. The minimum absolute atomic E-state index is 0.307. The van der Waals surface area contributed by atoms with Crippen LogP contribution < -0.4 is 10.3 Å². The quantitative estimate of drug-likeness (QED) is 0.423. The fraction of sp³-hybridized carbons (Fsp3) is 0.200. The summed E-state index contributed by atoms with van der Waals surface area (Å²) in [5.41, 5.74) is 3.33. The second kappa shape index (κ2) is 8.19. The summed E-state index contributed by atoms with van der Waals surface area (Å²) in [6.07, 6.45) is 3.57. The van der Waals surface area contributed by atoms with Crippen LogP contribution in [-0.2, 0) is 0 Å². The zero-order valence-electron chi connectivity index (χ0n) is 17.9.